The normalized spacial score (nSPS) is 13.3. The summed E-state index contributed by atoms with van der Waals surface area (Å²) in [7, 11) is -7.22. The molecule has 0 aliphatic rings. The smallest absolute Gasteiger partial charge is 0.242 e. The van der Waals surface area contributed by atoms with Crippen LogP contribution >= 0.6 is 0 Å². The second-order valence-electron chi connectivity index (χ2n) is 5.12. The first kappa shape index (κ1) is 16.9. The van der Waals surface area contributed by atoms with E-state index in [9.17, 15) is 16.8 Å². The molecule has 0 heterocycles. The van der Waals surface area contributed by atoms with E-state index >= 15 is 0 Å². The SMILES string of the molecule is CC(C)(CNS(=O)(=O)c1ccccc1N)NS(C)(=O)=O. The third-order valence-corrected chi connectivity index (χ3v) is 4.77. The van der Waals surface area contributed by atoms with Gasteiger partial charge in [0, 0.05) is 12.1 Å². The first-order chi connectivity index (χ1) is 8.93. The van der Waals surface area contributed by atoms with Crippen molar-refractivity contribution < 1.29 is 16.8 Å². The molecule has 0 aliphatic heterocycles. The van der Waals surface area contributed by atoms with Gasteiger partial charge in [0.2, 0.25) is 20.0 Å². The van der Waals surface area contributed by atoms with Crippen LogP contribution in [0.25, 0.3) is 0 Å². The Kier molecular flexibility index (Phi) is 4.80. The van der Waals surface area contributed by atoms with Gasteiger partial charge in [-0.25, -0.2) is 26.3 Å². The van der Waals surface area contributed by atoms with Gasteiger partial charge < -0.3 is 5.73 Å². The Hall–Kier alpha value is -1.16. The molecule has 7 nitrogen and oxygen atoms in total. The zero-order chi connectivity index (χ0) is 15.6. The fourth-order valence-corrected chi connectivity index (χ4v) is 4.03. The summed E-state index contributed by atoms with van der Waals surface area (Å²) >= 11 is 0. The van der Waals surface area contributed by atoms with E-state index in [1.165, 1.54) is 12.1 Å². The molecule has 9 heteroatoms. The van der Waals surface area contributed by atoms with E-state index in [2.05, 4.69) is 9.44 Å². The van der Waals surface area contributed by atoms with Crippen LogP contribution in [-0.2, 0) is 20.0 Å². The molecule has 4 N–H and O–H groups in total. The first-order valence-corrected chi connectivity index (χ1v) is 9.13. The Morgan fingerprint density at radius 1 is 1.15 bits per heavy atom. The molecule has 0 radical (unpaired) electrons. The molecule has 0 saturated heterocycles. The molecule has 1 aromatic rings. The summed E-state index contributed by atoms with van der Waals surface area (Å²) in [6, 6.07) is 6.05. The number of hydrogen-bond donors (Lipinski definition) is 3. The van der Waals surface area contributed by atoms with Gasteiger partial charge >= 0.3 is 0 Å². The van der Waals surface area contributed by atoms with Gasteiger partial charge in [-0.05, 0) is 26.0 Å². The lowest BCUT2D eigenvalue weighted by Crippen LogP contribution is -2.50. The standard InChI is InChI=1S/C11H19N3O4S2/c1-11(2,14-19(3,15)16)8-13-20(17,18)10-7-5-4-6-9(10)12/h4-7,13-14H,8,12H2,1-3H3. The average molecular weight is 321 g/mol. The Morgan fingerprint density at radius 3 is 2.20 bits per heavy atom. The Morgan fingerprint density at radius 2 is 1.70 bits per heavy atom. The predicted octanol–water partition coefficient (Wildman–Crippen LogP) is -0.125. The van der Waals surface area contributed by atoms with Crippen LogP contribution in [0.3, 0.4) is 0 Å². The lowest BCUT2D eigenvalue weighted by Gasteiger charge is -2.25. The second kappa shape index (κ2) is 5.68. The van der Waals surface area contributed by atoms with E-state index in [1.807, 2.05) is 0 Å². The van der Waals surface area contributed by atoms with Gasteiger partial charge in [0.1, 0.15) is 4.90 Å². The maximum absolute atomic E-state index is 12.1. The minimum Gasteiger partial charge on any atom is -0.398 e. The van der Waals surface area contributed by atoms with Crippen molar-refractivity contribution in [1.29, 1.82) is 0 Å². The number of nitrogen functional groups attached to an aromatic ring is 1. The lowest BCUT2D eigenvalue weighted by molar-refractivity contribution is 0.446. The van der Waals surface area contributed by atoms with Gasteiger partial charge in [-0.3, -0.25) is 0 Å². The van der Waals surface area contributed by atoms with Gasteiger partial charge in [-0.1, -0.05) is 12.1 Å². The monoisotopic (exact) mass is 321 g/mol. The highest BCUT2D eigenvalue weighted by Gasteiger charge is 2.25. The molecule has 0 spiro atoms. The molecule has 1 rings (SSSR count). The van der Waals surface area contributed by atoms with Gasteiger partial charge in [0.05, 0.1) is 11.9 Å². The summed E-state index contributed by atoms with van der Waals surface area (Å²) in [6.07, 6.45) is 1.01. The molecule has 0 saturated carbocycles. The highest BCUT2D eigenvalue weighted by Crippen LogP contribution is 2.17. The fraction of sp³-hybridized carbons (Fsp3) is 0.455. The van der Waals surface area contributed by atoms with E-state index in [4.69, 9.17) is 5.73 Å². The minimum absolute atomic E-state index is 0.0323. The molecular weight excluding hydrogens is 302 g/mol. The number of nitrogens with two attached hydrogens (primary N) is 1. The summed E-state index contributed by atoms with van der Waals surface area (Å²) in [6.45, 7) is 3.05. The number of nitrogens with one attached hydrogen (secondary N) is 2. The molecular formula is C11H19N3O4S2. The number of para-hydroxylation sites is 1. The van der Waals surface area contributed by atoms with Gasteiger partial charge in [0.15, 0.2) is 0 Å². The molecule has 20 heavy (non-hydrogen) atoms. The van der Waals surface area contributed by atoms with Crippen molar-refractivity contribution in [3.05, 3.63) is 24.3 Å². The highest BCUT2D eigenvalue weighted by molar-refractivity contribution is 7.89. The van der Waals surface area contributed by atoms with Gasteiger partial charge in [-0.2, -0.15) is 0 Å². The minimum atomic E-state index is -3.79. The molecule has 0 aromatic heterocycles. The lowest BCUT2D eigenvalue weighted by atomic mass is 10.1. The number of sulfonamides is 2. The van der Waals surface area contributed by atoms with E-state index in [0.717, 1.165) is 6.26 Å². The molecule has 0 unspecified atom stereocenters. The predicted molar refractivity (Wildman–Crippen MR) is 78.1 cm³/mol. The number of anilines is 1. The third kappa shape index (κ3) is 5.08. The van der Waals surface area contributed by atoms with Crippen molar-refractivity contribution in [2.24, 2.45) is 0 Å². The second-order valence-corrected chi connectivity index (χ2v) is 8.60. The van der Waals surface area contributed by atoms with Crippen molar-refractivity contribution in [1.82, 2.24) is 9.44 Å². The highest BCUT2D eigenvalue weighted by atomic mass is 32.2. The maximum atomic E-state index is 12.1. The Balaban J connectivity index is 2.87. The van der Waals surface area contributed by atoms with Crippen molar-refractivity contribution in [2.45, 2.75) is 24.3 Å². The maximum Gasteiger partial charge on any atom is 0.242 e. The third-order valence-electron chi connectivity index (χ3n) is 2.37. The molecule has 1 aromatic carbocycles. The van der Waals surface area contributed by atoms with Crippen LogP contribution in [0.15, 0.2) is 29.2 Å². The Labute approximate surface area is 119 Å². The number of benzene rings is 1. The van der Waals surface area contributed by atoms with Crippen LogP contribution < -0.4 is 15.2 Å². The topological polar surface area (TPSA) is 118 Å². The van der Waals surface area contributed by atoms with Crippen LogP contribution in [0.5, 0.6) is 0 Å². The first-order valence-electron chi connectivity index (χ1n) is 5.76. The summed E-state index contributed by atoms with van der Waals surface area (Å²) in [5.41, 5.74) is 4.80. The van der Waals surface area contributed by atoms with Gasteiger partial charge in [0.25, 0.3) is 0 Å². The van der Waals surface area contributed by atoms with E-state index < -0.39 is 25.6 Å². The van der Waals surface area contributed by atoms with Crippen molar-refractivity contribution in [3.63, 3.8) is 0 Å². The molecule has 0 aliphatic carbocycles. The van der Waals surface area contributed by atoms with Crippen molar-refractivity contribution in [2.75, 3.05) is 18.5 Å². The molecule has 0 bridgehead atoms. The van der Waals surface area contributed by atoms with E-state index in [0.29, 0.717) is 0 Å². The van der Waals surface area contributed by atoms with E-state index in [1.54, 1.807) is 26.0 Å². The zero-order valence-corrected chi connectivity index (χ0v) is 13.2. The fourth-order valence-electron chi connectivity index (χ4n) is 1.62. The van der Waals surface area contributed by atoms with Crippen molar-refractivity contribution >= 4 is 25.7 Å². The molecule has 0 fully saturated rings. The molecule has 0 amide bonds. The average Bonchev–Trinajstić information content (AvgIpc) is 2.24. The molecule has 114 valence electrons. The van der Waals surface area contributed by atoms with Crippen LogP contribution in [0.2, 0.25) is 0 Å². The zero-order valence-electron chi connectivity index (χ0n) is 11.5. The van der Waals surface area contributed by atoms with Crippen LogP contribution in [-0.4, -0.2) is 35.2 Å². The van der Waals surface area contributed by atoms with Crippen molar-refractivity contribution in [3.8, 4) is 0 Å². The summed E-state index contributed by atoms with van der Waals surface area (Å²) < 4.78 is 51.3. The Bertz CT molecular complexity index is 681. The quantitative estimate of drug-likeness (QED) is 0.631. The van der Waals surface area contributed by atoms with Crippen LogP contribution in [0.1, 0.15) is 13.8 Å². The van der Waals surface area contributed by atoms with E-state index in [-0.39, 0.29) is 17.1 Å². The summed E-state index contributed by atoms with van der Waals surface area (Å²) in [5.74, 6) is 0. The van der Waals surface area contributed by atoms with Gasteiger partial charge in [-0.15, -0.1) is 0 Å². The summed E-state index contributed by atoms with van der Waals surface area (Å²) in [4.78, 5) is -0.0323. The van der Waals surface area contributed by atoms with Crippen LogP contribution in [0.4, 0.5) is 5.69 Å². The molecule has 0 atom stereocenters. The van der Waals surface area contributed by atoms with Crippen LogP contribution in [0, 0.1) is 0 Å². The number of hydrogen-bond acceptors (Lipinski definition) is 5. The summed E-state index contributed by atoms with van der Waals surface area (Å²) in [5, 5.41) is 0. The largest absolute Gasteiger partial charge is 0.398 e. The number of rotatable bonds is 6.